The Morgan fingerprint density at radius 3 is 2.60 bits per heavy atom. The Balaban J connectivity index is 2.32. The first kappa shape index (κ1) is 12.5. The number of carbonyl (C=O) groups excluding carboxylic acids is 1. The molecule has 0 N–H and O–H groups in total. The van der Waals surface area contributed by atoms with Crippen molar-refractivity contribution in [2.75, 3.05) is 6.61 Å². The Bertz CT molecular complexity index is 191. The van der Waals surface area contributed by atoms with E-state index in [1.54, 1.807) is 0 Å². The zero-order chi connectivity index (χ0) is 11.1. The molecule has 3 nitrogen and oxygen atoms in total. The van der Waals surface area contributed by atoms with Gasteiger partial charge in [0.25, 0.3) is 0 Å². The molecule has 1 saturated heterocycles. The molecule has 0 amide bonds. The van der Waals surface area contributed by atoms with E-state index >= 15 is 0 Å². The van der Waals surface area contributed by atoms with Crippen LogP contribution < -0.4 is 0 Å². The third-order valence-electron chi connectivity index (χ3n) is 2.84. The van der Waals surface area contributed by atoms with Gasteiger partial charge >= 0.3 is 5.97 Å². The van der Waals surface area contributed by atoms with E-state index in [9.17, 15) is 4.79 Å². The molecule has 1 aliphatic rings. The summed E-state index contributed by atoms with van der Waals surface area (Å²) in [6, 6.07) is 0. The monoisotopic (exact) mass is 214 g/mol. The molecule has 1 fully saturated rings. The second-order valence-corrected chi connectivity index (χ2v) is 4.21. The minimum atomic E-state index is -0.269. The van der Waals surface area contributed by atoms with Gasteiger partial charge in [-0.25, -0.2) is 4.79 Å². The van der Waals surface area contributed by atoms with Gasteiger partial charge in [-0.1, -0.05) is 39.5 Å². The number of carbonyl (C=O) groups is 1. The maximum atomic E-state index is 10.9. The predicted molar refractivity (Wildman–Crippen MR) is 58.4 cm³/mol. The number of cyclic esters (lactones) is 1. The van der Waals surface area contributed by atoms with Crippen LogP contribution in [0.1, 0.15) is 52.4 Å². The van der Waals surface area contributed by atoms with Crippen molar-refractivity contribution in [2.45, 2.75) is 58.7 Å². The number of ether oxygens (including phenoxy) is 2. The average Bonchev–Trinajstić information content (AvgIpc) is 2.64. The van der Waals surface area contributed by atoms with Crippen molar-refractivity contribution >= 4 is 5.97 Å². The summed E-state index contributed by atoms with van der Waals surface area (Å²) in [5.74, 6) is 0.185. The van der Waals surface area contributed by atoms with Crippen LogP contribution in [0.5, 0.6) is 0 Å². The van der Waals surface area contributed by atoms with E-state index in [0.29, 0.717) is 5.92 Å². The summed E-state index contributed by atoms with van der Waals surface area (Å²) in [5.41, 5.74) is 0. The van der Waals surface area contributed by atoms with Gasteiger partial charge in [0.2, 0.25) is 6.29 Å². The van der Waals surface area contributed by atoms with E-state index in [4.69, 9.17) is 9.47 Å². The standard InChI is InChI=1S/C12H22O3/c1-3-5-6-8-10(7-4-2)12-14-9-11(13)15-12/h10,12H,3-9H2,1-2H3. The Kier molecular flexibility index (Phi) is 5.69. The van der Waals surface area contributed by atoms with Gasteiger partial charge in [-0.05, 0) is 12.8 Å². The van der Waals surface area contributed by atoms with Crippen LogP contribution in [0, 0.1) is 5.92 Å². The van der Waals surface area contributed by atoms with Gasteiger partial charge in [-0.15, -0.1) is 0 Å². The molecule has 0 aromatic carbocycles. The van der Waals surface area contributed by atoms with Crippen LogP contribution in [0.3, 0.4) is 0 Å². The molecule has 1 aliphatic heterocycles. The lowest BCUT2D eigenvalue weighted by atomic mass is 9.96. The topological polar surface area (TPSA) is 35.5 Å². The van der Waals surface area contributed by atoms with Crippen molar-refractivity contribution < 1.29 is 14.3 Å². The summed E-state index contributed by atoms with van der Waals surface area (Å²) < 4.78 is 10.5. The molecule has 0 bridgehead atoms. The van der Waals surface area contributed by atoms with Gasteiger partial charge < -0.3 is 9.47 Å². The van der Waals surface area contributed by atoms with Gasteiger partial charge in [0, 0.05) is 5.92 Å². The second-order valence-electron chi connectivity index (χ2n) is 4.21. The molecule has 1 heterocycles. The molecule has 0 aliphatic carbocycles. The largest absolute Gasteiger partial charge is 0.434 e. The third kappa shape index (κ3) is 4.20. The molecule has 88 valence electrons. The number of unbranched alkanes of at least 4 members (excludes halogenated alkanes) is 2. The Labute approximate surface area is 92.1 Å². The lowest BCUT2D eigenvalue weighted by Gasteiger charge is -2.20. The third-order valence-corrected chi connectivity index (χ3v) is 2.84. The first-order chi connectivity index (χ1) is 7.27. The van der Waals surface area contributed by atoms with Crippen LogP contribution >= 0.6 is 0 Å². The lowest BCUT2D eigenvalue weighted by Crippen LogP contribution is -2.21. The summed E-state index contributed by atoms with van der Waals surface area (Å²) in [6.07, 6.45) is 6.73. The normalized spacial score (nSPS) is 22.8. The fourth-order valence-corrected chi connectivity index (χ4v) is 2.02. The smallest absolute Gasteiger partial charge is 0.334 e. The first-order valence-electron chi connectivity index (χ1n) is 6.09. The van der Waals surface area contributed by atoms with E-state index in [1.807, 2.05) is 0 Å². The summed E-state index contributed by atoms with van der Waals surface area (Å²) in [7, 11) is 0. The van der Waals surface area contributed by atoms with Crippen molar-refractivity contribution in [3.63, 3.8) is 0 Å². The van der Waals surface area contributed by atoms with Crippen LogP contribution in [0.15, 0.2) is 0 Å². The molecule has 15 heavy (non-hydrogen) atoms. The summed E-state index contributed by atoms with van der Waals surface area (Å²) in [4.78, 5) is 10.9. The second kappa shape index (κ2) is 6.83. The van der Waals surface area contributed by atoms with Crippen LogP contribution in [-0.2, 0) is 14.3 Å². The van der Waals surface area contributed by atoms with Crippen molar-refractivity contribution in [1.82, 2.24) is 0 Å². The summed E-state index contributed by atoms with van der Waals surface area (Å²) >= 11 is 0. The minimum Gasteiger partial charge on any atom is -0.434 e. The van der Waals surface area contributed by atoms with E-state index < -0.39 is 0 Å². The minimum absolute atomic E-state index is 0.138. The molecule has 0 aromatic heterocycles. The summed E-state index contributed by atoms with van der Waals surface area (Å²) in [5, 5.41) is 0. The van der Waals surface area contributed by atoms with Crippen molar-refractivity contribution in [1.29, 1.82) is 0 Å². The number of esters is 1. The summed E-state index contributed by atoms with van der Waals surface area (Å²) in [6.45, 7) is 4.49. The molecule has 2 atom stereocenters. The van der Waals surface area contributed by atoms with Crippen LogP contribution in [0.4, 0.5) is 0 Å². The molecular weight excluding hydrogens is 192 g/mol. The molecule has 3 heteroatoms. The van der Waals surface area contributed by atoms with Gasteiger partial charge in [0.1, 0.15) is 6.61 Å². The fourth-order valence-electron chi connectivity index (χ4n) is 2.02. The fraction of sp³-hybridized carbons (Fsp3) is 0.917. The van der Waals surface area contributed by atoms with Crippen molar-refractivity contribution in [3.05, 3.63) is 0 Å². The van der Waals surface area contributed by atoms with Gasteiger partial charge in [0.15, 0.2) is 0 Å². The zero-order valence-corrected chi connectivity index (χ0v) is 9.83. The highest BCUT2D eigenvalue weighted by Crippen LogP contribution is 2.25. The predicted octanol–water partition coefficient (Wildman–Crippen LogP) is 2.88. The highest BCUT2D eigenvalue weighted by atomic mass is 16.7. The van der Waals surface area contributed by atoms with E-state index in [-0.39, 0.29) is 18.9 Å². The first-order valence-corrected chi connectivity index (χ1v) is 6.09. The van der Waals surface area contributed by atoms with Crippen LogP contribution in [0.25, 0.3) is 0 Å². The van der Waals surface area contributed by atoms with Crippen molar-refractivity contribution in [2.24, 2.45) is 5.92 Å². The molecule has 0 radical (unpaired) electrons. The zero-order valence-electron chi connectivity index (χ0n) is 9.83. The maximum absolute atomic E-state index is 10.9. The van der Waals surface area contributed by atoms with E-state index in [2.05, 4.69) is 13.8 Å². The SMILES string of the molecule is CCCCCC(CCC)C1OCC(=O)O1. The molecule has 1 rings (SSSR count). The molecule has 0 aromatic rings. The van der Waals surface area contributed by atoms with Crippen LogP contribution in [0.2, 0.25) is 0 Å². The Hall–Kier alpha value is -0.570. The van der Waals surface area contributed by atoms with Crippen molar-refractivity contribution in [3.8, 4) is 0 Å². The Morgan fingerprint density at radius 1 is 1.27 bits per heavy atom. The van der Waals surface area contributed by atoms with Gasteiger partial charge in [0.05, 0.1) is 0 Å². The number of hydrogen-bond acceptors (Lipinski definition) is 3. The quantitative estimate of drug-likeness (QED) is 0.483. The van der Waals surface area contributed by atoms with E-state index in [1.165, 1.54) is 19.3 Å². The molecule has 0 saturated carbocycles. The Morgan fingerprint density at radius 2 is 2.07 bits per heavy atom. The average molecular weight is 214 g/mol. The van der Waals surface area contributed by atoms with Crippen LogP contribution in [-0.4, -0.2) is 18.9 Å². The highest BCUT2D eigenvalue weighted by Gasteiger charge is 2.30. The van der Waals surface area contributed by atoms with Gasteiger partial charge in [-0.3, -0.25) is 0 Å². The lowest BCUT2D eigenvalue weighted by molar-refractivity contribution is -0.148. The molecule has 2 unspecified atom stereocenters. The molecular formula is C12H22O3. The number of rotatable bonds is 7. The van der Waals surface area contributed by atoms with E-state index in [0.717, 1.165) is 19.3 Å². The maximum Gasteiger partial charge on any atom is 0.334 e. The van der Waals surface area contributed by atoms with Gasteiger partial charge in [-0.2, -0.15) is 0 Å². The molecule has 0 spiro atoms. The number of hydrogen-bond donors (Lipinski definition) is 0. The highest BCUT2D eigenvalue weighted by molar-refractivity contribution is 5.72.